The number of nitrogens with one attached hydrogen (secondary N) is 1. The maximum Gasteiger partial charge on any atom is 0.335 e. The Bertz CT molecular complexity index is 487. The van der Waals surface area contributed by atoms with E-state index in [1.54, 1.807) is 18.8 Å². The Kier molecular flexibility index (Phi) is 3.18. The summed E-state index contributed by atoms with van der Waals surface area (Å²) in [5.74, 6) is -1.63. The fraction of sp³-hybridized carbons (Fsp3) is 0.444. The van der Waals surface area contributed by atoms with Crippen LogP contribution >= 0.6 is 0 Å². The second kappa shape index (κ2) is 4.20. The molecule has 5 nitrogen and oxygen atoms in total. The number of halogens is 1. The fourth-order valence-corrected chi connectivity index (χ4v) is 1.08. The van der Waals surface area contributed by atoms with Crippen LogP contribution in [0.5, 0.6) is 0 Å². The molecule has 1 heterocycles. The summed E-state index contributed by atoms with van der Waals surface area (Å²) in [5, 5.41) is 0. The molecule has 1 aromatic heterocycles. The van der Waals surface area contributed by atoms with Gasteiger partial charge < -0.3 is 0 Å². The SMILES string of the molecule is CC(C)CC(=O)n1cc(F)c(=O)[nH]c1=O. The standard InChI is InChI=1S/C9H11FN2O3/c1-5(2)3-7(13)12-4-6(10)8(14)11-9(12)15/h4-5H,3H2,1-2H3,(H,11,14,15). The van der Waals surface area contributed by atoms with Crippen LogP contribution in [-0.2, 0) is 0 Å². The van der Waals surface area contributed by atoms with Crippen molar-refractivity contribution in [1.29, 1.82) is 0 Å². The van der Waals surface area contributed by atoms with Crippen LogP contribution in [0.4, 0.5) is 4.39 Å². The molecule has 0 fully saturated rings. The highest BCUT2D eigenvalue weighted by molar-refractivity contribution is 5.78. The summed E-state index contributed by atoms with van der Waals surface area (Å²) in [7, 11) is 0. The molecule has 6 heteroatoms. The van der Waals surface area contributed by atoms with Crippen molar-refractivity contribution in [3.05, 3.63) is 32.9 Å². The lowest BCUT2D eigenvalue weighted by molar-refractivity contribution is 0.0878. The largest absolute Gasteiger partial charge is 0.335 e. The lowest BCUT2D eigenvalue weighted by Gasteiger charge is -2.05. The summed E-state index contributed by atoms with van der Waals surface area (Å²) in [6.07, 6.45) is 0.733. The average molecular weight is 214 g/mol. The third kappa shape index (κ3) is 2.61. The molecule has 15 heavy (non-hydrogen) atoms. The van der Waals surface area contributed by atoms with Crippen molar-refractivity contribution < 1.29 is 9.18 Å². The molecule has 1 rings (SSSR count). The summed E-state index contributed by atoms with van der Waals surface area (Å²) in [6, 6.07) is 0. The van der Waals surface area contributed by atoms with Gasteiger partial charge in [-0.1, -0.05) is 13.8 Å². The Balaban J connectivity index is 3.16. The van der Waals surface area contributed by atoms with Gasteiger partial charge in [-0.15, -0.1) is 0 Å². The first kappa shape index (κ1) is 11.4. The first-order valence-electron chi connectivity index (χ1n) is 4.46. The van der Waals surface area contributed by atoms with Gasteiger partial charge in [0.1, 0.15) is 0 Å². The third-order valence-corrected chi connectivity index (χ3v) is 1.75. The molecule has 0 saturated carbocycles. The van der Waals surface area contributed by atoms with E-state index < -0.39 is 23.0 Å². The first-order chi connectivity index (χ1) is 6.91. The molecule has 0 unspecified atom stereocenters. The Labute approximate surface area is 84.6 Å². The van der Waals surface area contributed by atoms with Crippen LogP contribution in [0, 0.1) is 11.7 Å². The van der Waals surface area contributed by atoms with Gasteiger partial charge >= 0.3 is 5.69 Å². The smallest absolute Gasteiger partial charge is 0.274 e. The van der Waals surface area contributed by atoms with Gasteiger partial charge in [-0.3, -0.25) is 14.6 Å². The fourth-order valence-electron chi connectivity index (χ4n) is 1.08. The molecule has 0 aliphatic rings. The van der Waals surface area contributed by atoms with Gasteiger partial charge in [0, 0.05) is 6.42 Å². The van der Waals surface area contributed by atoms with E-state index in [1.165, 1.54) is 0 Å². The molecule has 0 atom stereocenters. The second-order valence-electron chi connectivity index (χ2n) is 3.60. The topological polar surface area (TPSA) is 71.9 Å². The average Bonchev–Trinajstić information content (AvgIpc) is 2.09. The molecular formula is C9H11FN2O3. The highest BCUT2D eigenvalue weighted by Gasteiger charge is 2.12. The number of hydrogen-bond acceptors (Lipinski definition) is 3. The Morgan fingerprint density at radius 3 is 2.67 bits per heavy atom. The van der Waals surface area contributed by atoms with Crippen LogP contribution in [0.1, 0.15) is 25.1 Å². The lowest BCUT2D eigenvalue weighted by Crippen LogP contribution is -2.35. The molecule has 0 saturated heterocycles. The van der Waals surface area contributed by atoms with Crippen molar-refractivity contribution in [2.75, 3.05) is 0 Å². The van der Waals surface area contributed by atoms with Crippen LogP contribution < -0.4 is 11.2 Å². The number of carbonyl (C=O) groups is 1. The molecule has 82 valence electrons. The molecule has 0 aromatic carbocycles. The van der Waals surface area contributed by atoms with Gasteiger partial charge in [0.05, 0.1) is 6.20 Å². The zero-order valence-corrected chi connectivity index (χ0v) is 8.41. The quantitative estimate of drug-likeness (QED) is 0.772. The minimum absolute atomic E-state index is 0.0550. The van der Waals surface area contributed by atoms with E-state index in [0.717, 1.165) is 0 Å². The number of nitrogens with zero attached hydrogens (tertiary/aromatic N) is 1. The van der Waals surface area contributed by atoms with E-state index >= 15 is 0 Å². The number of H-pyrrole nitrogens is 1. The molecule has 0 amide bonds. The van der Waals surface area contributed by atoms with Gasteiger partial charge in [-0.05, 0) is 5.92 Å². The predicted octanol–water partition coefficient (Wildman–Crippen LogP) is 0.362. The summed E-state index contributed by atoms with van der Waals surface area (Å²) in [4.78, 5) is 34.9. The van der Waals surface area contributed by atoms with E-state index in [4.69, 9.17) is 0 Å². The molecule has 1 N–H and O–H groups in total. The maximum atomic E-state index is 12.8. The van der Waals surface area contributed by atoms with E-state index in [1.807, 2.05) is 0 Å². The highest BCUT2D eigenvalue weighted by atomic mass is 19.1. The first-order valence-corrected chi connectivity index (χ1v) is 4.46. The highest BCUT2D eigenvalue weighted by Crippen LogP contribution is 2.00. The molecule has 0 bridgehead atoms. The number of aromatic amines is 1. The number of carbonyl (C=O) groups excluding carboxylic acids is 1. The zero-order valence-electron chi connectivity index (χ0n) is 8.41. The van der Waals surface area contributed by atoms with Gasteiger partial charge in [0.2, 0.25) is 11.7 Å². The normalized spacial score (nSPS) is 10.7. The Hall–Kier alpha value is -1.72. The van der Waals surface area contributed by atoms with Crippen molar-refractivity contribution >= 4 is 5.91 Å². The molecule has 0 radical (unpaired) electrons. The molecule has 0 aliphatic heterocycles. The summed E-state index contributed by atoms with van der Waals surface area (Å²) in [5.41, 5.74) is -2.03. The van der Waals surface area contributed by atoms with Gasteiger partial charge in [-0.25, -0.2) is 9.36 Å². The molecule has 1 aromatic rings. The minimum Gasteiger partial charge on any atom is -0.274 e. The van der Waals surface area contributed by atoms with Crippen LogP contribution in [0.25, 0.3) is 0 Å². The summed E-state index contributed by atoms with van der Waals surface area (Å²) in [6.45, 7) is 3.59. The van der Waals surface area contributed by atoms with E-state index in [0.29, 0.717) is 10.8 Å². The van der Waals surface area contributed by atoms with Gasteiger partial charge in [0.25, 0.3) is 5.56 Å². The number of aromatic nitrogens is 2. The van der Waals surface area contributed by atoms with Crippen LogP contribution in [0.15, 0.2) is 15.8 Å². The maximum absolute atomic E-state index is 12.8. The summed E-state index contributed by atoms with van der Waals surface area (Å²) >= 11 is 0. The van der Waals surface area contributed by atoms with Crippen molar-refractivity contribution in [2.45, 2.75) is 20.3 Å². The van der Waals surface area contributed by atoms with E-state index in [2.05, 4.69) is 0 Å². The molecule has 0 aliphatic carbocycles. The monoisotopic (exact) mass is 214 g/mol. The van der Waals surface area contributed by atoms with Crippen LogP contribution in [0.3, 0.4) is 0 Å². The lowest BCUT2D eigenvalue weighted by atomic mass is 10.1. The second-order valence-corrected chi connectivity index (χ2v) is 3.60. The van der Waals surface area contributed by atoms with Crippen molar-refractivity contribution in [1.82, 2.24) is 9.55 Å². The number of rotatable bonds is 2. The van der Waals surface area contributed by atoms with Gasteiger partial charge in [0.15, 0.2) is 0 Å². The van der Waals surface area contributed by atoms with Crippen LogP contribution in [0.2, 0.25) is 0 Å². The number of hydrogen-bond donors (Lipinski definition) is 1. The zero-order chi connectivity index (χ0) is 11.6. The molecular weight excluding hydrogens is 203 g/mol. The van der Waals surface area contributed by atoms with E-state index in [9.17, 15) is 18.8 Å². The Morgan fingerprint density at radius 2 is 2.13 bits per heavy atom. The van der Waals surface area contributed by atoms with Crippen molar-refractivity contribution in [2.24, 2.45) is 5.92 Å². The molecule has 0 spiro atoms. The summed E-state index contributed by atoms with van der Waals surface area (Å²) < 4.78 is 13.4. The van der Waals surface area contributed by atoms with Crippen LogP contribution in [-0.4, -0.2) is 15.5 Å². The predicted molar refractivity (Wildman–Crippen MR) is 51.4 cm³/mol. The Morgan fingerprint density at radius 1 is 1.53 bits per heavy atom. The van der Waals surface area contributed by atoms with E-state index in [-0.39, 0.29) is 12.3 Å². The van der Waals surface area contributed by atoms with Crippen molar-refractivity contribution in [3.8, 4) is 0 Å². The third-order valence-electron chi connectivity index (χ3n) is 1.75. The van der Waals surface area contributed by atoms with Crippen molar-refractivity contribution in [3.63, 3.8) is 0 Å². The minimum atomic E-state index is -1.15. The van der Waals surface area contributed by atoms with Gasteiger partial charge in [-0.2, -0.15) is 4.39 Å².